The molecule has 1 aromatic heterocycles. The van der Waals surface area contributed by atoms with E-state index in [2.05, 4.69) is 16.9 Å². The van der Waals surface area contributed by atoms with Gasteiger partial charge in [0.05, 0.1) is 10.5 Å². The van der Waals surface area contributed by atoms with Gasteiger partial charge in [-0.05, 0) is 30.9 Å². The van der Waals surface area contributed by atoms with Crippen LogP contribution in [0.1, 0.15) is 37.9 Å². The Morgan fingerprint density at radius 2 is 2.25 bits per heavy atom. The minimum Gasteiger partial charge on any atom is -0.342 e. The highest BCUT2D eigenvalue weighted by Crippen LogP contribution is 2.38. The van der Waals surface area contributed by atoms with Gasteiger partial charge in [-0.1, -0.05) is 31.0 Å². The van der Waals surface area contributed by atoms with Gasteiger partial charge in [0.25, 0.3) is 0 Å². The van der Waals surface area contributed by atoms with E-state index in [0.717, 1.165) is 27.8 Å². The van der Waals surface area contributed by atoms with Gasteiger partial charge in [-0.25, -0.2) is 4.98 Å². The lowest BCUT2D eigenvalue weighted by Gasteiger charge is -2.11. The summed E-state index contributed by atoms with van der Waals surface area (Å²) < 4.78 is 0. The van der Waals surface area contributed by atoms with Crippen molar-refractivity contribution in [2.45, 2.75) is 32.1 Å². The summed E-state index contributed by atoms with van der Waals surface area (Å²) in [6, 6.07) is 5.90. The summed E-state index contributed by atoms with van der Waals surface area (Å²) >= 11 is 6.13. The summed E-state index contributed by atoms with van der Waals surface area (Å²) in [5.41, 5.74) is 1.97. The molecule has 0 bridgehead atoms. The molecule has 0 radical (unpaired) electrons. The van der Waals surface area contributed by atoms with Crippen molar-refractivity contribution in [3.8, 4) is 0 Å². The Morgan fingerprint density at radius 3 is 2.94 bits per heavy atom. The van der Waals surface area contributed by atoms with Crippen molar-refractivity contribution in [3.63, 3.8) is 0 Å². The highest BCUT2D eigenvalue weighted by Gasteiger charge is 2.27. The average molecular weight is 235 g/mol. The Kier molecular flexibility index (Phi) is 2.40. The van der Waals surface area contributed by atoms with Crippen LogP contribution in [0.2, 0.25) is 5.02 Å². The van der Waals surface area contributed by atoms with Crippen LogP contribution >= 0.6 is 11.6 Å². The van der Waals surface area contributed by atoms with Gasteiger partial charge in [0, 0.05) is 5.92 Å². The zero-order valence-corrected chi connectivity index (χ0v) is 10.1. The molecule has 0 spiro atoms. The maximum absolute atomic E-state index is 6.13. The zero-order chi connectivity index (χ0) is 11.1. The normalized spacial score (nSPS) is 25.4. The van der Waals surface area contributed by atoms with Gasteiger partial charge in [0.2, 0.25) is 0 Å². The van der Waals surface area contributed by atoms with Crippen LogP contribution in [0.15, 0.2) is 18.2 Å². The molecule has 3 heteroatoms. The molecule has 1 fully saturated rings. The van der Waals surface area contributed by atoms with Gasteiger partial charge in [0.15, 0.2) is 0 Å². The number of nitrogens with one attached hydrogen (secondary N) is 1. The van der Waals surface area contributed by atoms with E-state index in [1.165, 1.54) is 19.3 Å². The third-order valence-electron chi connectivity index (χ3n) is 3.69. The van der Waals surface area contributed by atoms with Crippen LogP contribution in [0.25, 0.3) is 11.0 Å². The molecule has 16 heavy (non-hydrogen) atoms. The number of hydrogen-bond acceptors (Lipinski definition) is 1. The first-order valence-corrected chi connectivity index (χ1v) is 6.27. The fourth-order valence-corrected chi connectivity index (χ4v) is 2.96. The number of aromatic nitrogens is 2. The largest absolute Gasteiger partial charge is 0.342 e. The second kappa shape index (κ2) is 3.77. The molecule has 2 atom stereocenters. The number of benzene rings is 1. The van der Waals surface area contributed by atoms with E-state index in [-0.39, 0.29) is 0 Å². The van der Waals surface area contributed by atoms with Gasteiger partial charge in [0.1, 0.15) is 11.3 Å². The molecule has 0 amide bonds. The lowest BCUT2D eigenvalue weighted by Crippen LogP contribution is -2.03. The zero-order valence-electron chi connectivity index (χ0n) is 9.33. The topological polar surface area (TPSA) is 28.7 Å². The van der Waals surface area contributed by atoms with Crippen LogP contribution < -0.4 is 0 Å². The lowest BCUT2D eigenvalue weighted by atomic mass is 9.98. The van der Waals surface area contributed by atoms with Crippen LogP contribution in [-0.2, 0) is 0 Å². The summed E-state index contributed by atoms with van der Waals surface area (Å²) in [5.74, 6) is 2.44. The third-order valence-corrected chi connectivity index (χ3v) is 4.00. The summed E-state index contributed by atoms with van der Waals surface area (Å²) in [6.45, 7) is 2.31. The third kappa shape index (κ3) is 1.52. The minimum atomic E-state index is 0.587. The first-order valence-electron chi connectivity index (χ1n) is 5.90. The van der Waals surface area contributed by atoms with Crippen LogP contribution in [0.3, 0.4) is 0 Å². The molecule has 1 aromatic carbocycles. The van der Waals surface area contributed by atoms with Crippen molar-refractivity contribution in [1.29, 1.82) is 0 Å². The predicted molar refractivity (Wildman–Crippen MR) is 66.9 cm³/mol. The minimum absolute atomic E-state index is 0.587. The molecule has 2 nitrogen and oxygen atoms in total. The Bertz CT molecular complexity index is 518. The predicted octanol–water partition coefficient (Wildman–Crippen LogP) is 4.12. The molecule has 1 saturated carbocycles. The van der Waals surface area contributed by atoms with Crippen LogP contribution in [-0.4, -0.2) is 9.97 Å². The first kappa shape index (κ1) is 10.2. The van der Waals surface area contributed by atoms with Crippen LogP contribution in [0.4, 0.5) is 0 Å². The number of hydrogen-bond donors (Lipinski definition) is 1. The quantitative estimate of drug-likeness (QED) is 0.790. The molecule has 3 rings (SSSR count). The lowest BCUT2D eigenvalue weighted by molar-refractivity contribution is 0.514. The second-order valence-corrected chi connectivity index (χ2v) is 5.18. The van der Waals surface area contributed by atoms with Gasteiger partial charge >= 0.3 is 0 Å². The molecule has 1 aliphatic carbocycles. The number of halogens is 1. The van der Waals surface area contributed by atoms with Gasteiger partial charge in [-0.15, -0.1) is 0 Å². The second-order valence-electron chi connectivity index (χ2n) is 4.77. The van der Waals surface area contributed by atoms with Crippen molar-refractivity contribution >= 4 is 22.6 Å². The highest BCUT2D eigenvalue weighted by atomic mass is 35.5. The van der Waals surface area contributed by atoms with Crippen LogP contribution in [0, 0.1) is 5.92 Å². The van der Waals surface area contributed by atoms with Crippen molar-refractivity contribution in [1.82, 2.24) is 9.97 Å². The van der Waals surface area contributed by atoms with Crippen molar-refractivity contribution in [2.24, 2.45) is 5.92 Å². The van der Waals surface area contributed by atoms with E-state index in [0.29, 0.717) is 5.92 Å². The van der Waals surface area contributed by atoms with E-state index in [4.69, 9.17) is 11.6 Å². The van der Waals surface area contributed by atoms with Gasteiger partial charge in [-0.2, -0.15) is 0 Å². The molecule has 1 heterocycles. The smallest absolute Gasteiger partial charge is 0.110 e. The van der Waals surface area contributed by atoms with E-state index in [1.54, 1.807) is 0 Å². The number of imidazole rings is 1. The average Bonchev–Trinajstić information content (AvgIpc) is 2.84. The summed E-state index contributed by atoms with van der Waals surface area (Å²) in [6.07, 6.45) is 3.88. The monoisotopic (exact) mass is 234 g/mol. The fraction of sp³-hybridized carbons (Fsp3) is 0.462. The van der Waals surface area contributed by atoms with E-state index in [9.17, 15) is 0 Å². The Morgan fingerprint density at radius 1 is 1.38 bits per heavy atom. The summed E-state index contributed by atoms with van der Waals surface area (Å²) in [7, 11) is 0. The number of H-pyrrole nitrogens is 1. The standard InChI is InChI=1S/C13H15ClN2/c1-8-4-2-5-9(8)13-15-11-7-3-6-10(14)12(11)16-13/h3,6-9H,2,4-5H2,1H3,(H,15,16). The van der Waals surface area contributed by atoms with Gasteiger partial charge in [-0.3, -0.25) is 0 Å². The molecule has 0 aliphatic heterocycles. The van der Waals surface area contributed by atoms with E-state index < -0.39 is 0 Å². The number of nitrogens with zero attached hydrogens (tertiary/aromatic N) is 1. The Labute approximate surface area is 100 Å². The number of rotatable bonds is 1. The molecular formula is C13H15ClN2. The fourth-order valence-electron chi connectivity index (χ4n) is 2.74. The SMILES string of the molecule is CC1CCCC1c1nc2c(Cl)cccc2[nH]1. The first-order chi connectivity index (χ1) is 7.75. The number of fused-ring (bicyclic) bond motifs is 1. The van der Waals surface area contributed by atoms with E-state index in [1.807, 2.05) is 18.2 Å². The Balaban J connectivity index is 2.08. The van der Waals surface area contributed by atoms with Crippen molar-refractivity contribution in [3.05, 3.63) is 29.0 Å². The summed E-state index contributed by atoms with van der Waals surface area (Å²) in [4.78, 5) is 8.07. The Hall–Kier alpha value is -1.02. The van der Waals surface area contributed by atoms with Crippen molar-refractivity contribution < 1.29 is 0 Å². The molecule has 2 unspecified atom stereocenters. The van der Waals surface area contributed by atoms with Crippen molar-refractivity contribution in [2.75, 3.05) is 0 Å². The molecule has 2 aromatic rings. The molecule has 1 aliphatic rings. The summed E-state index contributed by atoms with van der Waals surface area (Å²) in [5, 5.41) is 0.741. The molecule has 0 saturated heterocycles. The molecule has 84 valence electrons. The number of aromatic amines is 1. The maximum Gasteiger partial charge on any atom is 0.110 e. The van der Waals surface area contributed by atoms with E-state index >= 15 is 0 Å². The van der Waals surface area contributed by atoms with Gasteiger partial charge < -0.3 is 4.98 Å². The van der Waals surface area contributed by atoms with Crippen LogP contribution in [0.5, 0.6) is 0 Å². The molecular weight excluding hydrogens is 220 g/mol. The highest BCUT2D eigenvalue weighted by molar-refractivity contribution is 6.34. The number of para-hydroxylation sites is 1. The maximum atomic E-state index is 6.13. The molecule has 1 N–H and O–H groups in total.